The Kier molecular flexibility index (Phi) is 3.86. The van der Waals surface area contributed by atoms with Gasteiger partial charge in [0, 0.05) is 0 Å². The Bertz CT molecular complexity index is 460. The molecule has 1 N–H and O–H groups in total. The number of benzene rings is 1. The van der Waals surface area contributed by atoms with E-state index in [-0.39, 0.29) is 6.10 Å². The lowest BCUT2D eigenvalue weighted by Crippen LogP contribution is -2.19. The summed E-state index contributed by atoms with van der Waals surface area (Å²) in [5.41, 5.74) is 1.02. The molecule has 2 fully saturated rings. The van der Waals surface area contributed by atoms with Crippen LogP contribution in [0.15, 0.2) is 22.7 Å². The molecule has 104 valence electrons. The predicted octanol–water partition coefficient (Wildman–Crippen LogP) is 4.32. The predicted molar refractivity (Wildman–Crippen MR) is 79.2 cm³/mol. The third-order valence-corrected chi connectivity index (χ3v) is 5.42. The molecule has 2 saturated carbocycles. The minimum Gasteiger partial charge on any atom is -0.493 e. The van der Waals surface area contributed by atoms with Gasteiger partial charge in [-0.3, -0.25) is 0 Å². The van der Waals surface area contributed by atoms with Crippen LogP contribution in [0.25, 0.3) is 0 Å². The fourth-order valence-electron chi connectivity index (χ4n) is 3.90. The Labute approximate surface area is 123 Å². The van der Waals surface area contributed by atoms with Crippen LogP contribution in [-0.2, 0) is 0 Å². The Hall–Kier alpha value is -0.540. The molecule has 0 saturated heterocycles. The van der Waals surface area contributed by atoms with Crippen LogP contribution in [-0.4, -0.2) is 11.7 Å². The van der Waals surface area contributed by atoms with Crippen molar-refractivity contribution in [3.8, 4) is 5.75 Å². The van der Waals surface area contributed by atoms with Gasteiger partial charge in [0.1, 0.15) is 5.75 Å². The number of fused-ring (bicyclic) bond motifs is 2. The molecular weight excluding hydrogens is 304 g/mol. The van der Waals surface area contributed by atoms with Gasteiger partial charge in [0.25, 0.3) is 0 Å². The second-order valence-corrected chi connectivity index (χ2v) is 6.76. The summed E-state index contributed by atoms with van der Waals surface area (Å²) in [6.07, 6.45) is 4.91. The van der Waals surface area contributed by atoms with Gasteiger partial charge in [-0.2, -0.15) is 0 Å². The first-order valence-electron chi connectivity index (χ1n) is 7.29. The maximum Gasteiger partial charge on any atom is 0.133 e. The van der Waals surface area contributed by atoms with Crippen molar-refractivity contribution in [2.75, 3.05) is 6.61 Å². The molecule has 0 radical (unpaired) electrons. The normalized spacial score (nSPS) is 30.6. The molecule has 0 spiro atoms. The smallest absolute Gasteiger partial charge is 0.133 e. The molecule has 0 amide bonds. The van der Waals surface area contributed by atoms with Crippen LogP contribution in [0.4, 0.5) is 0 Å². The van der Waals surface area contributed by atoms with Gasteiger partial charge in [-0.25, -0.2) is 0 Å². The van der Waals surface area contributed by atoms with Gasteiger partial charge in [0.05, 0.1) is 17.2 Å². The summed E-state index contributed by atoms with van der Waals surface area (Å²) >= 11 is 3.53. The van der Waals surface area contributed by atoms with Crippen molar-refractivity contribution >= 4 is 15.9 Å². The second-order valence-electron chi connectivity index (χ2n) is 5.91. The van der Waals surface area contributed by atoms with E-state index >= 15 is 0 Å². The lowest BCUT2D eigenvalue weighted by molar-refractivity contribution is 0.0744. The van der Waals surface area contributed by atoms with Crippen LogP contribution >= 0.6 is 15.9 Å². The van der Waals surface area contributed by atoms with Gasteiger partial charge in [-0.05, 0) is 77.6 Å². The van der Waals surface area contributed by atoms with Gasteiger partial charge in [0.2, 0.25) is 0 Å². The molecule has 2 aliphatic rings. The minimum atomic E-state index is -0.317. The molecule has 2 bridgehead atoms. The highest BCUT2D eigenvalue weighted by Crippen LogP contribution is 2.52. The van der Waals surface area contributed by atoms with E-state index in [4.69, 9.17) is 4.74 Å². The van der Waals surface area contributed by atoms with Crippen molar-refractivity contribution in [1.29, 1.82) is 0 Å². The van der Waals surface area contributed by atoms with E-state index in [0.717, 1.165) is 27.6 Å². The molecular formula is C16H21BrO2. The van der Waals surface area contributed by atoms with Crippen molar-refractivity contribution in [2.24, 2.45) is 17.8 Å². The molecule has 2 aliphatic carbocycles. The fraction of sp³-hybridized carbons (Fsp3) is 0.625. The molecule has 3 heteroatoms. The number of halogens is 1. The SMILES string of the molecule is CCOc1ccc(C(O)C2CC3CCC2C3)cc1Br. The van der Waals surface area contributed by atoms with Gasteiger partial charge in [0.15, 0.2) is 0 Å². The van der Waals surface area contributed by atoms with Crippen LogP contribution in [0.2, 0.25) is 0 Å². The highest BCUT2D eigenvalue weighted by molar-refractivity contribution is 9.10. The van der Waals surface area contributed by atoms with Crippen molar-refractivity contribution in [3.05, 3.63) is 28.2 Å². The summed E-state index contributed by atoms with van der Waals surface area (Å²) < 4.78 is 6.46. The third-order valence-electron chi connectivity index (χ3n) is 4.80. The molecule has 1 aromatic rings. The fourth-order valence-corrected chi connectivity index (χ4v) is 4.41. The zero-order valence-corrected chi connectivity index (χ0v) is 12.9. The van der Waals surface area contributed by atoms with Crippen LogP contribution in [0.3, 0.4) is 0 Å². The number of aliphatic hydroxyl groups is 1. The molecule has 4 atom stereocenters. The van der Waals surface area contributed by atoms with Gasteiger partial charge in [-0.1, -0.05) is 12.5 Å². The van der Waals surface area contributed by atoms with Gasteiger partial charge in [-0.15, -0.1) is 0 Å². The molecule has 2 nitrogen and oxygen atoms in total. The summed E-state index contributed by atoms with van der Waals surface area (Å²) in [6.45, 7) is 2.64. The minimum absolute atomic E-state index is 0.317. The summed E-state index contributed by atoms with van der Waals surface area (Å²) in [7, 11) is 0. The summed E-state index contributed by atoms with van der Waals surface area (Å²) in [5.74, 6) is 2.93. The number of hydrogen-bond acceptors (Lipinski definition) is 2. The van der Waals surface area contributed by atoms with E-state index in [2.05, 4.69) is 15.9 Å². The van der Waals surface area contributed by atoms with Crippen LogP contribution in [0.5, 0.6) is 5.75 Å². The third kappa shape index (κ3) is 2.55. The Morgan fingerprint density at radius 1 is 1.37 bits per heavy atom. The largest absolute Gasteiger partial charge is 0.493 e. The van der Waals surface area contributed by atoms with Crippen molar-refractivity contribution < 1.29 is 9.84 Å². The van der Waals surface area contributed by atoms with E-state index in [1.54, 1.807) is 0 Å². The Morgan fingerprint density at radius 2 is 2.21 bits per heavy atom. The number of rotatable bonds is 4. The van der Waals surface area contributed by atoms with Crippen molar-refractivity contribution in [2.45, 2.75) is 38.7 Å². The molecule has 0 aromatic heterocycles. The zero-order chi connectivity index (χ0) is 13.4. The van der Waals surface area contributed by atoms with Crippen molar-refractivity contribution in [1.82, 2.24) is 0 Å². The average molecular weight is 325 g/mol. The first-order valence-corrected chi connectivity index (χ1v) is 8.08. The number of ether oxygens (including phenoxy) is 1. The molecule has 0 heterocycles. The maximum atomic E-state index is 10.6. The topological polar surface area (TPSA) is 29.5 Å². The monoisotopic (exact) mass is 324 g/mol. The maximum absolute atomic E-state index is 10.6. The van der Waals surface area contributed by atoms with E-state index < -0.39 is 0 Å². The summed E-state index contributed by atoms with van der Waals surface area (Å²) in [4.78, 5) is 0. The second kappa shape index (κ2) is 5.45. The van der Waals surface area contributed by atoms with Gasteiger partial charge >= 0.3 is 0 Å². The quantitative estimate of drug-likeness (QED) is 0.893. The van der Waals surface area contributed by atoms with Crippen LogP contribution in [0, 0.1) is 17.8 Å². The zero-order valence-electron chi connectivity index (χ0n) is 11.3. The highest BCUT2D eigenvalue weighted by atomic mass is 79.9. The molecule has 1 aromatic carbocycles. The van der Waals surface area contributed by atoms with Gasteiger partial charge < -0.3 is 9.84 Å². The van der Waals surface area contributed by atoms with E-state index in [9.17, 15) is 5.11 Å². The van der Waals surface area contributed by atoms with Crippen molar-refractivity contribution in [3.63, 3.8) is 0 Å². The number of aliphatic hydroxyl groups excluding tert-OH is 1. The first kappa shape index (κ1) is 13.4. The lowest BCUT2D eigenvalue weighted by Gasteiger charge is -2.27. The molecule has 3 rings (SSSR count). The lowest BCUT2D eigenvalue weighted by atomic mass is 9.82. The number of hydrogen-bond donors (Lipinski definition) is 1. The standard InChI is InChI=1S/C16H21BrO2/c1-2-19-15-6-5-12(9-14(15)17)16(18)13-8-10-3-4-11(13)7-10/h5-6,9-11,13,16,18H,2-4,7-8H2,1H3. The average Bonchev–Trinajstić information content (AvgIpc) is 3.03. The molecule has 19 heavy (non-hydrogen) atoms. The van der Waals surface area contributed by atoms with E-state index in [0.29, 0.717) is 12.5 Å². The van der Waals surface area contributed by atoms with E-state index in [1.165, 1.54) is 25.7 Å². The Balaban J connectivity index is 1.76. The van der Waals surface area contributed by atoms with E-state index in [1.807, 2.05) is 25.1 Å². The highest BCUT2D eigenvalue weighted by Gasteiger charge is 2.43. The Morgan fingerprint density at radius 3 is 2.79 bits per heavy atom. The summed E-state index contributed by atoms with van der Waals surface area (Å²) in [5, 5.41) is 10.6. The van der Waals surface area contributed by atoms with Crippen LogP contribution < -0.4 is 4.74 Å². The molecule has 0 aliphatic heterocycles. The van der Waals surface area contributed by atoms with Crippen LogP contribution in [0.1, 0.15) is 44.3 Å². The first-order chi connectivity index (χ1) is 9.19. The summed E-state index contributed by atoms with van der Waals surface area (Å²) in [6, 6.07) is 5.98. The molecule has 4 unspecified atom stereocenters.